The fourth-order valence-electron chi connectivity index (χ4n) is 1.81. The number of rotatable bonds is 4. The molecule has 0 saturated carbocycles. The number of carbonyl (C=O) groups excluding carboxylic acids is 1. The highest BCUT2D eigenvalue weighted by Gasteiger charge is 2.26. The molecule has 1 aliphatic heterocycles. The molecule has 0 aromatic rings. The normalized spacial score (nSPS) is 20.1. The summed E-state index contributed by atoms with van der Waals surface area (Å²) in [4.78, 5) is 26.2. The van der Waals surface area contributed by atoms with E-state index in [-0.39, 0.29) is 18.5 Å². The summed E-state index contributed by atoms with van der Waals surface area (Å²) >= 11 is 1.86. The molecule has 98 valence electrons. The maximum absolute atomic E-state index is 12.2. The summed E-state index contributed by atoms with van der Waals surface area (Å²) in [6.07, 6.45) is 0.0105. The molecule has 0 aromatic heterocycles. The highest BCUT2D eigenvalue weighted by Crippen LogP contribution is 2.17. The predicted octanol–water partition coefficient (Wildman–Crippen LogP) is 1.34. The van der Waals surface area contributed by atoms with Crippen LogP contribution in [-0.4, -0.2) is 64.1 Å². The van der Waals surface area contributed by atoms with Gasteiger partial charge in [0.2, 0.25) is 0 Å². The van der Waals surface area contributed by atoms with Gasteiger partial charge in [0.1, 0.15) is 0 Å². The van der Waals surface area contributed by atoms with Crippen molar-refractivity contribution in [2.75, 3.05) is 31.1 Å². The van der Waals surface area contributed by atoms with Crippen molar-refractivity contribution in [3.8, 4) is 0 Å². The van der Waals surface area contributed by atoms with Gasteiger partial charge in [0, 0.05) is 37.2 Å². The van der Waals surface area contributed by atoms with E-state index >= 15 is 0 Å². The fourth-order valence-corrected chi connectivity index (χ4v) is 2.83. The van der Waals surface area contributed by atoms with Crippen LogP contribution in [0, 0.1) is 0 Å². The smallest absolute Gasteiger partial charge is 0.320 e. The Kier molecular flexibility index (Phi) is 5.61. The van der Waals surface area contributed by atoms with Crippen molar-refractivity contribution < 1.29 is 14.7 Å². The Labute approximate surface area is 106 Å². The van der Waals surface area contributed by atoms with Crippen LogP contribution in [0.1, 0.15) is 20.3 Å². The molecule has 0 spiro atoms. The molecule has 6 heteroatoms. The van der Waals surface area contributed by atoms with Gasteiger partial charge in [-0.3, -0.25) is 4.79 Å². The number of nitrogens with zero attached hydrogens (tertiary/aromatic N) is 2. The molecule has 0 radical (unpaired) electrons. The first-order valence-corrected chi connectivity index (χ1v) is 7.06. The zero-order chi connectivity index (χ0) is 12.8. The number of hydrogen-bond donors (Lipinski definition) is 1. The Hall–Kier alpha value is -0.910. The summed E-state index contributed by atoms with van der Waals surface area (Å²) < 4.78 is 0. The summed E-state index contributed by atoms with van der Waals surface area (Å²) in [5.74, 6) is 1.06. The van der Waals surface area contributed by atoms with Crippen molar-refractivity contribution >= 4 is 23.8 Å². The van der Waals surface area contributed by atoms with Crippen molar-refractivity contribution in [3.05, 3.63) is 0 Å². The van der Waals surface area contributed by atoms with Gasteiger partial charge in [0.15, 0.2) is 0 Å². The Morgan fingerprint density at radius 2 is 2.24 bits per heavy atom. The first kappa shape index (κ1) is 14.2. The molecule has 0 aliphatic carbocycles. The molecule has 0 aromatic carbocycles. The Bertz CT molecular complexity index is 286. The Balaban J connectivity index is 2.54. The maximum Gasteiger partial charge on any atom is 0.320 e. The first-order valence-electron chi connectivity index (χ1n) is 5.91. The van der Waals surface area contributed by atoms with Crippen LogP contribution in [0.3, 0.4) is 0 Å². The van der Waals surface area contributed by atoms with E-state index in [2.05, 4.69) is 0 Å². The number of thioether (sulfide) groups is 1. The monoisotopic (exact) mass is 260 g/mol. The summed E-state index contributed by atoms with van der Waals surface area (Å²) in [5, 5.41) is 8.65. The number of carbonyl (C=O) groups is 2. The molecule has 1 rings (SSSR count). The zero-order valence-electron chi connectivity index (χ0n) is 10.4. The third kappa shape index (κ3) is 4.11. The second kappa shape index (κ2) is 6.74. The molecular weight excluding hydrogens is 240 g/mol. The minimum atomic E-state index is -0.863. The standard InChI is InChI=1S/C11H20N2O3S/c1-3-12(5-4-10(14)15)11(16)13-6-7-17-8-9(13)2/h9H,3-8H2,1-2H3,(H,14,15). The molecule has 0 bridgehead atoms. The lowest BCUT2D eigenvalue weighted by Gasteiger charge is -2.36. The molecule has 1 saturated heterocycles. The van der Waals surface area contributed by atoms with Gasteiger partial charge in [0.05, 0.1) is 6.42 Å². The Morgan fingerprint density at radius 1 is 1.53 bits per heavy atom. The van der Waals surface area contributed by atoms with Gasteiger partial charge in [-0.2, -0.15) is 11.8 Å². The van der Waals surface area contributed by atoms with E-state index in [1.807, 2.05) is 30.5 Å². The highest BCUT2D eigenvalue weighted by molar-refractivity contribution is 7.99. The van der Waals surface area contributed by atoms with E-state index in [0.29, 0.717) is 13.1 Å². The van der Waals surface area contributed by atoms with Crippen molar-refractivity contribution in [1.29, 1.82) is 0 Å². The van der Waals surface area contributed by atoms with Gasteiger partial charge in [0.25, 0.3) is 0 Å². The third-order valence-corrected chi connectivity index (χ3v) is 4.05. The minimum absolute atomic E-state index is 0.0105. The van der Waals surface area contributed by atoms with Gasteiger partial charge in [-0.15, -0.1) is 0 Å². The molecule has 1 heterocycles. The van der Waals surface area contributed by atoms with Crippen LogP contribution in [0.15, 0.2) is 0 Å². The number of carboxylic acids is 1. The number of hydrogen-bond acceptors (Lipinski definition) is 3. The summed E-state index contributed by atoms with van der Waals surface area (Å²) in [6, 6.07) is 0.210. The SMILES string of the molecule is CCN(CCC(=O)O)C(=O)N1CCSCC1C. The first-order chi connectivity index (χ1) is 8.06. The van der Waals surface area contributed by atoms with Gasteiger partial charge in [-0.25, -0.2) is 4.79 Å². The maximum atomic E-state index is 12.2. The number of aliphatic carboxylic acids is 1. The van der Waals surface area contributed by atoms with Crippen LogP contribution in [0.4, 0.5) is 4.79 Å². The third-order valence-electron chi connectivity index (χ3n) is 2.86. The second-order valence-corrected chi connectivity index (χ2v) is 5.27. The van der Waals surface area contributed by atoms with Crippen LogP contribution in [0.25, 0.3) is 0 Å². The van der Waals surface area contributed by atoms with Crippen LogP contribution in [-0.2, 0) is 4.79 Å². The molecule has 2 amide bonds. The van der Waals surface area contributed by atoms with Crippen LogP contribution < -0.4 is 0 Å². The highest BCUT2D eigenvalue weighted by atomic mass is 32.2. The molecule has 1 unspecified atom stereocenters. The average molecular weight is 260 g/mol. The van der Waals surface area contributed by atoms with Crippen molar-refractivity contribution in [1.82, 2.24) is 9.80 Å². The van der Waals surface area contributed by atoms with Gasteiger partial charge in [-0.1, -0.05) is 0 Å². The molecule has 1 aliphatic rings. The molecule has 1 fully saturated rings. The number of urea groups is 1. The topological polar surface area (TPSA) is 60.9 Å². The predicted molar refractivity (Wildman–Crippen MR) is 68.4 cm³/mol. The van der Waals surface area contributed by atoms with Crippen LogP contribution in [0.2, 0.25) is 0 Å². The lowest BCUT2D eigenvalue weighted by atomic mass is 10.3. The average Bonchev–Trinajstić information content (AvgIpc) is 2.29. The number of carboxylic acid groups (broad SMARTS) is 1. The largest absolute Gasteiger partial charge is 0.481 e. The van der Waals surface area contributed by atoms with Crippen molar-refractivity contribution in [2.45, 2.75) is 26.3 Å². The lowest BCUT2D eigenvalue weighted by Crippen LogP contribution is -2.51. The summed E-state index contributed by atoms with van der Waals surface area (Å²) in [5.41, 5.74) is 0. The Morgan fingerprint density at radius 3 is 2.76 bits per heavy atom. The van der Waals surface area contributed by atoms with E-state index in [1.165, 1.54) is 0 Å². The van der Waals surface area contributed by atoms with Gasteiger partial charge < -0.3 is 14.9 Å². The molecule has 1 N–H and O–H groups in total. The quantitative estimate of drug-likeness (QED) is 0.828. The van der Waals surface area contributed by atoms with Gasteiger partial charge >= 0.3 is 12.0 Å². The number of amides is 2. The van der Waals surface area contributed by atoms with E-state index in [9.17, 15) is 9.59 Å². The lowest BCUT2D eigenvalue weighted by molar-refractivity contribution is -0.137. The van der Waals surface area contributed by atoms with Crippen molar-refractivity contribution in [3.63, 3.8) is 0 Å². The van der Waals surface area contributed by atoms with E-state index in [0.717, 1.165) is 18.1 Å². The van der Waals surface area contributed by atoms with Crippen LogP contribution in [0.5, 0.6) is 0 Å². The second-order valence-electron chi connectivity index (χ2n) is 4.12. The summed E-state index contributed by atoms with van der Waals surface area (Å²) in [7, 11) is 0. The van der Waals surface area contributed by atoms with Gasteiger partial charge in [-0.05, 0) is 13.8 Å². The van der Waals surface area contributed by atoms with Crippen LogP contribution >= 0.6 is 11.8 Å². The zero-order valence-corrected chi connectivity index (χ0v) is 11.2. The van der Waals surface area contributed by atoms with E-state index < -0.39 is 5.97 Å². The van der Waals surface area contributed by atoms with E-state index in [1.54, 1.807) is 4.90 Å². The van der Waals surface area contributed by atoms with Crippen molar-refractivity contribution in [2.24, 2.45) is 0 Å². The molecule has 1 atom stereocenters. The van der Waals surface area contributed by atoms with E-state index in [4.69, 9.17) is 5.11 Å². The molecular formula is C11H20N2O3S. The molecule has 5 nitrogen and oxygen atoms in total. The fraction of sp³-hybridized carbons (Fsp3) is 0.818. The summed E-state index contributed by atoms with van der Waals surface area (Å²) in [6.45, 7) is 5.52. The molecule has 17 heavy (non-hydrogen) atoms. The minimum Gasteiger partial charge on any atom is -0.481 e.